The molecule has 0 spiro atoms. The average Bonchev–Trinajstić information content (AvgIpc) is 2.40. The fraction of sp³-hybridized carbons (Fsp3) is 0.267. The van der Waals surface area contributed by atoms with E-state index in [2.05, 4.69) is 10.3 Å². The molecule has 0 bridgehead atoms. The van der Waals surface area contributed by atoms with Gasteiger partial charge < -0.3 is 15.5 Å². The normalized spacial score (nSPS) is 12.3. The first kappa shape index (κ1) is 13.4. The molecule has 4 heteroatoms. The Morgan fingerprint density at radius 2 is 2.05 bits per heavy atom. The largest absolute Gasteiger partial charge is 0.508 e. The zero-order valence-corrected chi connectivity index (χ0v) is 11.1. The van der Waals surface area contributed by atoms with Crippen molar-refractivity contribution in [3.63, 3.8) is 0 Å². The first-order valence-electron chi connectivity index (χ1n) is 6.23. The number of phenolic OH excluding ortho intramolecular Hbond substituents is 2. The molecule has 1 heterocycles. The molecule has 4 nitrogen and oxygen atoms in total. The lowest BCUT2D eigenvalue weighted by atomic mass is 10.1. The summed E-state index contributed by atoms with van der Waals surface area (Å²) in [6.07, 6.45) is 1.76. The highest BCUT2D eigenvalue weighted by Gasteiger charge is 2.11. The predicted molar refractivity (Wildman–Crippen MR) is 74.0 cm³/mol. The standard InChI is InChI=1S/C15H18N2O2/c1-10-4-3-7-16-14(10)9-17-11(2)13-8-12(18)5-6-15(13)19/h3-8,11,17-19H,9H2,1-2H3. The van der Waals surface area contributed by atoms with Crippen molar-refractivity contribution in [1.29, 1.82) is 0 Å². The van der Waals surface area contributed by atoms with Crippen LogP contribution in [0, 0.1) is 6.92 Å². The number of pyridine rings is 1. The molecule has 0 saturated carbocycles. The first-order valence-corrected chi connectivity index (χ1v) is 6.23. The predicted octanol–water partition coefficient (Wildman–Crippen LogP) is 2.65. The minimum atomic E-state index is -0.0755. The van der Waals surface area contributed by atoms with Gasteiger partial charge >= 0.3 is 0 Å². The highest BCUT2D eigenvalue weighted by molar-refractivity contribution is 5.40. The van der Waals surface area contributed by atoms with Crippen LogP contribution >= 0.6 is 0 Å². The Kier molecular flexibility index (Phi) is 4.02. The van der Waals surface area contributed by atoms with E-state index >= 15 is 0 Å². The molecule has 0 aliphatic heterocycles. The zero-order chi connectivity index (χ0) is 13.8. The third kappa shape index (κ3) is 3.23. The highest BCUT2D eigenvalue weighted by Crippen LogP contribution is 2.27. The number of aromatic nitrogens is 1. The van der Waals surface area contributed by atoms with E-state index in [9.17, 15) is 10.2 Å². The molecule has 2 rings (SSSR count). The highest BCUT2D eigenvalue weighted by atomic mass is 16.3. The van der Waals surface area contributed by atoms with Crippen LogP contribution in [0.25, 0.3) is 0 Å². The molecule has 0 aliphatic rings. The summed E-state index contributed by atoms with van der Waals surface area (Å²) in [4.78, 5) is 4.31. The van der Waals surface area contributed by atoms with Crippen molar-refractivity contribution in [2.75, 3.05) is 0 Å². The molecule has 1 aromatic carbocycles. The first-order chi connectivity index (χ1) is 9.08. The van der Waals surface area contributed by atoms with Crippen LogP contribution in [0.5, 0.6) is 11.5 Å². The second kappa shape index (κ2) is 5.71. The van der Waals surface area contributed by atoms with Gasteiger partial charge in [0.25, 0.3) is 0 Å². The van der Waals surface area contributed by atoms with Gasteiger partial charge in [-0.2, -0.15) is 0 Å². The van der Waals surface area contributed by atoms with Gasteiger partial charge in [0.05, 0.1) is 5.69 Å². The molecule has 0 aliphatic carbocycles. The van der Waals surface area contributed by atoms with Crippen molar-refractivity contribution < 1.29 is 10.2 Å². The van der Waals surface area contributed by atoms with E-state index in [1.165, 1.54) is 12.1 Å². The number of aromatic hydroxyl groups is 2. The van der Waals surface area contributed by atoms with E-state index in [0.717, 1.165) is 11.3 Å². The number of benzene rings is 1. The Morgan fingerprint density at radius 1 is 1.26 bits per heavy atom. The zero-order valence-electron chi connectivity index (χ0n) is 11.1. The number of hydrogen-bond donors (Lipinski definition) is 3. The van der Waals surface area contributed by atoms with E-state index in [-0.39, 0.29) is 17.5 Å². The number of hydrogen-bond acceptors (Lipinski definition) is 4. The molecule has 0 amide bonds. The van der Waals surface area contributed by atoms with Crippen LogP contribution in [-0.4, -0.2) is 15.2 Å². The van der Waals surface area contributed by atoms with Gasteiger partial charge in [-0.1, -0.05) is 6.07 Å². The summed E-state index contributed by atoms with van der Waals surface area (Å²) in [7, 11) is 0. The molecule has 1 atom stereocenters. The number of aryl methyl sites for hydroxylation is 1. The monoisotopic (exact) mass is 258 g/mol. The summed E-state index contributed by atoms with van der Waals surface area (Å²) < 4.78 is 0. The maximum atomic E-state index is 9.79. The number of nitrogens with zero attached hydrogens (tertiary/aromatic N) is 1. The van der Waals surface area contributed by atoms with E-state index in [1.807, 2.05) is 26.0 Å². The van der Waals surface area contributed by atoms with Crippen molar-refractivity contribution in [1.82, 2.24) is 10.3 Å². The second-order valence-corrected chi connectivity index (χ2v) is 4.61. The van der Waals surface area contributed by atoms with E-state index in [0.29, 0.717) is 12.1 Å². The van der Waals surface area contributed by atoms with E-state index < -0.39 is 0 Å². The Bertz CT molecular complexity index is 570. The van der Waals surface area contributed by atoms with Gasteiger partial charge in [-0.3, -0.25) is 4.98 Å². The van der Waals surface area contributed by atoms with Crippen LogP contribution in [-0.2, 0) is 6.54 Å². The van der Waals surface area contributed by atoms with Crippen LogP contribution in [0.4, 0.5) is 0 Å². The number of phenols is 2. The maximum Gasteiger partial charge on any atom is 0.120 e. The van der Waals surface area contributed by atoms with E-state index in [1.54, 1.807) is 12.3 Å². The van der Waals surface area contributed by atoms with Crippen molar-refractivity contribution in [3.8, 4) is 11.5 Å². The summed E-state index contributed by atoms with van der Waals surface area (Å²) >= 11 is 0. The van der Waals surface area contributed by atoms with Gasteiger partial charge in [0.2, 0.25) is 0 Å². The van der Waals surface area contributed by atoms with E-state index in [4.69, 9.17) is 0 Å². The molecular formula is C15H18N2O2. The van der Waals surface area contributed by atoms with Gasteiger partial charge in [0.15, 0.2) is 0 Å². The Labute approximate surface area is 112 Å². The van der Waals surface area contributed by atoms with Gasteiger partial charge in [0, 0.05) is 24.3 Å². The SMILES string of the molecule is Cc1cccnc1CNC(C)c1cc(O)ccc1O. The maximum absolute atomic E-state index is 9.79. The minimum absolute atomic E-state index is 0.0755. The molecule has 2 aromatic rings. The molecule has 19 heavy (non-hydrogen) atoms. The Balaban J connectivity index is 2.07. The van der Waals surface area contributed by atoms with Crippen molar-refractivity contribution in [3.05, 3.63) is 53.3 Å². The summed E-state index contributed by atoms with van der Waals surface area (Å²) in [5, 5.41) is 22.5. The summed E-state index contributed by atoms with van der Waals surface area (Å²) in [5.74, 6) is 0.325. The number of nitrogens with one attached hydrogen (secondary N) is 1. The topological polar surface area (TPSA) is 65.4 Å². The molecule has 100 valence electrons. The van der Waals surface area contributed by atoms with Crippen LogP contribution in [0.1, 0.15) is 29.8 Å². The fourth-order valence-corrected chi connectivity index (χ4v) is 1.95. The minimum Gasteiger partial charge on any atom is -0.508 e. The summed E-state index contributed by atoms with van der Waals surface area (Å²) in [5.41, 5.74) is 2.78. The fourth-order valence-electron chi connectivity index (χ4n) is 1.95. The molecule has 0 saturated heterocycles. The lowest BCUT2D eigenvalue weighted by Crippen LogP contribution is -2.19. The molecule has 0 radical (unpaired) electrons. The molecule has 1 unspecified atom stereocenters. The quantitative estimate of drug-likeness (QED) is 0.738. The summed E-state index contributed by atoms with van der Waals surface area (Å²) in [6.45, 7) is 4.57. The van der Waals surface area contributed by atoms with Crippen molar-refractivity contribution in [2.24, 2.45) is 0 Å². The van der Waals surface area contributed by atoms with Gasteiger partial charge in [-0.05, 0) is 43.7 Å². The lowest BCUT2D eigenvalue weighted by molar-refractivity contribution is 0.440. The van der Waals surface area contributed by atoms with Gasteiger partial charge in [0.1, 0.15) is 11.5 Å². The van der Waals surface area contributed by atoms with Crippen molar-refractivity contribution in [2.45, 2.75) is 26.4 Å². The van der Waals surface area contributed by atoms with Crippen LogP contribution in [0.2, 0.25) is 0 Å². The Morgan fingerprint density at radius 3 is 2.79 bits per heavy atom. The molecule has 3 N–H and O–H groups in total. The average molecular weight is 258 g/mol. The smallest absolute Gasteiger partial charge is 0.120 e. The van der Waals surface area contributed by atoms with Gasteiger partial charge in [-0.15, -0.1) is 0 Å². The lowest BCUT2D eigenvalue weighted by Gasteiger charge is -2.16. The molecular weight excluding hydrogens is 240 g/mol. The van der Waals surface area contributed by atoms with Crippen LogP contribution in [0.15, 0.2) is 36.5 Å². The van der Waals surface area contributed by atoms with Crippen molar-refractivity contribution >= 4 is 0 Å². The third-order valence-corrected chi connectivity index (χ3v) is 3.17. The second-order valence-electron chi connectivity index (χ2n) is 4.61. The third-order valence-electron chi connectivity index (χ3n) is 3.17. The van der Waals surface area contributed by atoms with Gasteiger partial charge in [-0.25, -0.2) is 0 Å². The summed E-state index contributed by atoms with van der Waals surface area (Å²) in [6, 6.07) is 8.37. The Hall–Kier alpha value is -2.07. The molecule has 1 aromatic heterocycles. The molecule has 0 fully saturated rings. The van der Waals surface area contributed by atoms with Crippen LogP contribution < -0.4 is 5.32 Å². The number of rotatable bonds is 4. The van der Waals surface area contributed by atoms with Crippen LogP contribution in [0.3, 0.4) is 0 Å².